The van der Waals surface area contributed by atoms with Gasteiger partial charge in [0.1, 0.15) is 18.3 Å². The van der Waals surface area contributed by atoms with Crippen molar-refractivity contribution in [2.45, 2.75) is 50.8 Å². The Labute approximate surface area is 213 Å². The molecule has 13 nitrogen and oxygen atoms in total. The maximum Gasteiger partial charge on any atom is 0.337 e. The molecule has 3 heterocycles. The van der Waals surface area contributed by atoms with Gasteiger partial charge in [0.25, 0.3) is 5.56 Å². The molecule has 0 spiro atoms. The van der Waals surface area contributed by atoms with E-state index in [1.165, 1.54) is 0 Å². The molecule has 1 aliphatic carbocycles. The molecule has 2 aliphatic rings. The lowest BCUT2D eigenvalue weighted by Gasteiger charge is -2.19. The Hall–Kier alpha value is -2.15. The molecule has 4 rings (SSSR count). The van der Waals surface area contributed by atoms with Crippen LogP contribution in [0.15, 0.2) is 57.9 Å². The smallest absolute Gasteiger partial charge is 0.337 e. The van der Waals surface area contributed by atoms with E-state index in [1.54, 1.807) is 6.20 Å². The van der Waals surface area contributed by atoms with E-state index in [2.05, 4.69) is 21.4 Å². The molecule has 2 aromatic heterocycles. The average molecular weight is 555 g/mol. The Morgan fingerprint density at radius 2 is 1.89 bits per heavy atom. The molecule has 0 radical (unpaired) electrons. The maximum absolute atomic E-state index is 13.2. The molecule has 200 valence electrons. The lowest BCUT2D eigenvalue weighted by Crippen LogP contribution is -2.43. The lowest BCUT2D eigenvalue weighted by molar-refractivity contribution is -0.0530. The van der Waals surface area contributed by atoms with Crippen LogP contribution in [-0.4, -0.2) is 63.9 Å². The second kappa shape index (κ2) is 12.1. The third-order valence-corrected chi connectivity index (χ3v) is 7.55. The van der Waals surface area contributed by atoms with Crippen molar-refractivity contribution in [3.8, 4) is 0 Å². The fourth-order valence-corrected chi connectivity index (χ4v) is 5.19. The zero-order valence-corrected chi connectivity index (χ0v) is 21.5. The minimum absolute atomic E-state index is 0.127. The Morgan fingerprint density at radius 1 is 1.14 bits per heavy atom. The Morgan fingerprint density at radius 3 is 2.62 bits per heavy atom. The van der Waals surface area contributed by atoms with E-state index < -0.39 is 59.6 Å². The molecule has 0 aromatic carbocycles. The van der Waals surface area contributed by atoms with Crippen LogP contribution in [0.2, 0.25) is 0 Å². The number of rotatable bonds is 9. The van der Waals surface area contributed by atoms with Gasteiger partial charge in [0.05, 0.1) is 18.8 Å². The number of pyridine rings is 1. The summed E-state index contributed by atoms with van der Waals surface area (Å²) in [4.78, 5) is 57.1. The summed E-state index contributed by atoms with van der Waals surface area (Å²) in [5.74, 6) is 0. The standard InChI is InChI=1S/C22H27N3O10P2/c1-13-4-2-3-5-16(13)14-6-8-23-15(10-14)11-25-18(26)7-9-24(22(25)29)21-20(28)19(27)17(34-21)12-33-37(32)35-36(30)31/h4-10,17,19-21,27-28,30-32H,2-3,11-12H2,1H3. The molecule has 1 saturated heterocycles. The molecule has 5 atom stereocenters. The van der Waals surface area contributed by atoms with Gasteiger partial charge in [0.2, 0.25) is 0 Å². The predicted octanol–water partition coefficient (Wildman–Crippen LogP) is 0.660. The quantitative estimate of drug-likeness (QED) is 0.274. The van der Waals surface area contributed by atoms with Crippen LogP contribution < -0.4 is 11.2 Å². The van der Waals surface area contributed by atoms with E-state index in [9.17, 15) is 24.7 Å². The van der Waals surface area contributed by atoms with E-state index in [0.29, 0.717) is 5.69 Å². The first kappa shape index (κ1) is 27.9. The molecule has 37 heavy (non-hydrogen) atoms. The van der Waals surface area contributed by atoms with Crippen LogP contribution in [0.25, 0.3) is 5.57 Å². The maximum atomic E-state index is 13.2. The third kappa shape index (κ3) is 6.47. The van der Waals surface area contributed by atoms with Crippen molar-refractivity contribution in [2.24, 2.45) is 0 Å². The van der Waals surface area contributed by atoms with Crippen LogP contribution >= 0.6 is 17.2 Å². The first-order valence-electron chi connectivity index (χ1n) is 11.3. The summed E-state index contributed by atoms with van der Waals surface area (Å²) in [5, 5.41) is 20.8. The molecule has 0 amide bonds. The van der Waals surface area contributed by atoms with Crippen molar-refractivity contribution in [1.29, 1.82) is 0 Å². The summed E-state index contributed by atoms with van der Waals surface area (Å²) in [5.41, 5.74) is 2.25. The number of aliphatic hydroxyl groups is 2. The van der Waals surface area contributed by atoms with Gasteiger partial charge in [0, 0.05) is 18.5 Å². The van der Waals surface area contributed by atoms with Gasteiger partial charge in [-0.15, -0.1) is 0 Å². The Balaban J connectivity index is 1.54. The first-order valence-corrected chi connectivity index (χ1v) is 13.6. The van der Waals surface area contributed by atoms with Crippen molar-refractivity contribution in [3.05, 3.63) is 80.4 Å². The van der Waals surface area contributed by atoms with E-state index in [1.807, 2.05) is 19.1 Å². The zero-order valence-electron chi connectivity index (χ0n) is 19.7. The van der Waals surface area contributed by atoms with Crippen LogP contribution in [0.3, 0.4) is 0 Å². The Kier molecular flexibility index (Phi) is 9.15. The third-order valence-electron chi connectivity index (χ3n) is 6.04. The van der Waals surface area contributed by atoms with Crippen LogP contribution in [-0.2, 0) is 20.1 Å². The van der Waals surface area contributed by atoms with Crippen molar-refractivity contribution >= 4 is 22.8 Å². The van der Waals surface area contributed by atoms with Crippen LogP contribution in [0, 0.1) is 0 Å². The highest BCUT2D eigenvalue weighted by atomic mass is 31.2. The number of allylic oxidation sites excluding steroid dienone is 4. The minimum atomic E-state index is -2.86. The molecular formula is C22H27N3O10P2. The summed E-state index contributed by atoms with van der Waals surface area (Å²) in [6.45, 7) is 1.42. The molecule has 5 N–H and O–H groups in total. The summed E-state index contributed by atoms with van der Waals surface area (Å²) < 4.78 is 16.7. The monoisotopic (exact) mass is 555 g/mol. The largest absolute Gasteiger partial charge is 0.387 e. The van der Waals surface area contributed by atoms with Crippen molar-refractivity contribution < 1.29 is 38.5 Å². The topological polar surface area (TPSA) is 186 Å². The van der Waals surface area contributed by atoms with E-state index >= 15 is 0 Å². The fraction of sp³-hybridized carbons (Fsp3) is 0.409. The summed E-state index contributed by atoms with van der Waals surface area (Å²) >= 11 is 0. The van der Waals surface area contributed by atoms with Crippen LogP contribution in [0.1, 0.15) is 37.3 Å². The van der Waals surface area contributed by atoms with Gasteiger partial charge in [-0.05, 0) is 48.6 Å². The second-order valence-corrected chi connectivity index (χ2v) is 10.4. The van der Waals surface area contributed by atoms with Gasteiger partial charge in [0.15, 0.2) is 6.23 Å². The first-order chi connectivity index (χ1) is 17.7. The Bertz CT molecular complexity index is 1290. The second-order valence-electron chi connectivity index (χ2n) is 8.46. The van der Waals surface area contributed by atoms with Crippen molar-refractivity contribution in [3.63, 3.8) is 0 Å². The van der Waals surface area contributed by atoms with Crippen LogP contribution in [0.5, 0.6) is 0 Å². The lowest BCUT2D eigenvalue weighted by atomic mass is 9.93. The van der Waals surface area contributed by atoms with Gasteiger partial charge in [-0.25, -0.2) is 9.11 Å². The van der Waals surface area contributed by atoms with Gasteiger partial charge in [-0.1, -0.05) is 12.2 Å². The molecule has 5 unspecified atom stereocenters. The SMILES string of the molecule is CC1=CCCC=C1c1ccnc(Cn2c(=O)ccn(C3OC(COP(O)OP(O)O)C(O)C3O)c2=O)c1. The van der Waals surface area contributed by atoms with E-state index in [-0.39, 0.29) is 6.54 Å². The minimum Gasteiger partial charge on any atom is -0.387 e. The summed E-state index contributed by atoms with van der Waals surface area (Å²) in [6, 6.07) is 4.82. The van der Waals surface area contributed by atoms with Gasteiger partial charge < -0.3 is 34.2 Å². The number of aliphatic hydroxyl groups excluding tert-OH is 2. The fourth-order valence-electron chi connectivity index (χ4n) is 4.23. The number of ether oxygens (including phenoxy) is 1. The molecule has 1 fully saturated rings. The van der Waals surface area contributed by atoms with E-state index in [0.717, 1.165) is 50.9 Å². The summed E-state index contributed by atoms with van der Waals surface area (Å²) in [7, 11) is -5.52. The average Bonchev–Trinajstić information content (AvgIpc) is 3.14. The molecule has 2 aromatic rings. The predicted molar refractivity (Wildman–Crippen MR) is 133 cm³/mol. The van der Waals surface area contributed by atoms with E-state index in [4.69, 9.17) is 19.0 Å². The van der Waals surface area contributed by atoms with Crippen molar-refractivity contribution in [1.82, 2.24) is 14.1 Å². The zero-order chi connectivity index (χ0) is 26.7. The normalized spacial score (nSPS) is 24.7. The highest BCUT2D eigenvalue weighted by Crippen LogP contribution is 2.46. The molecular weight excluding hydrogens is 528 g/mol. The van der Waals surface area contributed by atoms with Crippen LogP contribution in [0.4, 0.5) is 0 Å². The molecule has 0 saturated carbocycles. The number of nitrogens with zero attached hydrogens (tertiary/aromatic N) is 3. The molecule has 15 heteroatoms. The van der Waals surface area contributed by atoms with Gasteiger partial charge in [-0.2, -0.15) is 0 Å². The van der Waals surface area contributed by atoms with Gasteiger partial charge >= 0.3 is 22.9 Å². The number of aromatic nitrogens is 3. The van der Waals surface area contributed by atoms with Crippen molar-refractivity contribution in [2.75, 3.05) is 6.61 Å². The highest BCUT2D eigenvalue weighted by Gasteiger charge is 2.44. The number of hydrogen-bond acceptors (Lipinski definition) is 11. The molecule has 1 aliphatic heterocycles. The molecule has 0 bridgehead atoms. The highest BCUT2D eigenvalue weighted by molar-refractivity contribution is 7.54. The summed E-state index contributed by atoms with van der Waals surface area (Å²) in [6.07, 6.45) is 3.34. The number of hydrogen-bond donors (Lipinski definition) is 5. The van der Waals surface area contributed by atoms with Gasteiger partial charge in [-0.3, -0.25) is 18.9 Å².